The molecule has 5 nitrogen and oxygen atoms in total. The summed E-state index contributed by atoms with van der Waals surface area (Å²) in [6.45, 7) is 0.394. The SMILES string of the molecule is O=C(NC1CCCCC1)N1CC2CC1CS2(=O)=O. The zero-order chi connectivity index (χ0) is 12.8. The summed E-state index contributed by atoms with van der Waals surface area (Å²) in [7, 11) is -2.91. The molecule has 3 fully saturated rings. The first-order valence-electron chi connectivity index (χ1n) is 6.85. The Labute approximate surface area is 108 Å². The minimum atomic E-state index is -2.91. The maximum atomic E-state index is 12.1. The van der Waals surface area contributed by atoms with Crippen LogP contribution in [0.1, 0.15) is 38.5 Å². The minimum Gasteiger partial charge on any atom is -0.335 e. The second kappa shape index (κ2) is 4.40. The smallest absolute Gasteiger partial charge is 0.317 e. The molecule has 1 N–H and O–H groups in total. The van der Waals surface area contributed by atoms with Crippen molar-refractivity contribution in [3.63, 3.8) is 0 Å². The van der Waals surface area contributed by atoms with Crippen molar-refractivity contribution in [3.8, 4) is 0 Å². The third-order valence-corrected chi connectivity index (χ3v) is 6.71. The van der Waals surface area contributed by atoms with Gasteiger partial charge in [0.25, 0.3) is 0 Å². The maximum absolute atomic E-state index is 12.1. The fourth-order valence-electron chi connectivity index (χ4n) is 3.45. The Morgan fingerprint density at radius 3 is 2.44 bits per heavy atom. The summed E-state index contributed by atoms with van der Waals surface area (Å²) in [4.78, 5) is 13.9. The van der Waals surface area contributed by atoms with Crippen molar-refractivity contribution in [2.75, 3.05) is 12.3 Å². The van der Waals surface area contributed by atoms with Crippen LogP contribution >= 0.6 is 0 Å². The van der Waals surface area contributed by atoms with E-state index in [0.29, 0.717) is 19.0 Å². The second-order valence-electron chi connectivity index (χ2n) is 5.78. The highest BCUT2D eigenvalue weighted by molar-refractivity contribution is 7.92. The first-order chi connectivity index (χ1) is 8.56. The van der Waals surface area contributed by atoms with Gasteiger partial charge in [-0.2, -0.15) is 0 Å². The molecular formula is C12H20N2O3S. The summed E-state index contributed by atoms with van der Waals surface area (Å²) in [6, 6.07) is 0.162. The molecule has 1 saturated carbocycles. The fourth-order valence-corrected chi connectivity index (χ4v) is 5.48. The molecule has 2 bridgehead atoms. The molecular weight excluding hydrogens is 252 g/mol. The Bertz CT molecular complexity index is 442. The Hall–Kier alpha value is -0.780. The maximum Gasteiger partial charge on any atom is 0.317 e. The molecule has 2 unspecified atom stereocenters. The van der Waals surface area contributed by atoms with Crippen molar-refractivity contribution in [1.29, 1.82) is 0 Å². The van der Waals surface area contributed by atoms with E-state index in [2.05, 4.69) is 5.32 Å². The average molecular weight is 272 g/mol. The number of nitrogens with zero attached hydrogens (tertiary/aromatic N) is 1. The molecule has 0 aromatic rings. The molecule has 102 valence electrons. The molecule has 3 rings (SSSR count). The number of carbonyl (C=O) groups is 1. The van der Waals surface area contributed by atoms with Crippen LogP contribution in [-0.4, -0.2) is 49.0 Å². The number of carbonyl (C=O) groups excluding carboxylic acids is 1. The monoisotopic (exact) mass is 272 g/mol. The number of hydrogen-bond donors (Lipinski definition) is 1. The van der Waals surface area contributed by atoms with Crippen LogP contribution in [0.2, 0.25) is 0 Å². The van der Waals surface area contributed by atoms with Gasteiger partial charge in [-0.3, -0.25) is 0 Å². The van der Waals surface area contributed by atoms with Crippen molar-refractivity contribution in [2.24, 2.45) is 0 Å². The van der Waals surface area contributed by atoms with E-state index in [1.54, 1.807) is 4.90 Å². The molecule has 2 aliphatic heterocycles. The van der Waals surface area contributed by atoms with E-state index in [1.807, 2.05) is 0 Å². The molecule has 0 aromatic heterocycles. The van der Waals surface area contributed by atoms with Gasteiger partial charge in [0.15, 0.2) is 9.84 Å². The fraction of sp³-hybridized carbons (Fsp3) is 0.917. The molecule has 0 spiro atoms. The number of likely N-dealkylation sites (tertiary alicyclic amines) is 1. The van der Waals surface area contributed by atoms with Crippen LogP contribution in [0.5, 0.6) is 0 Å². The van der Waals surface area contributed by atoms with Gasteiger partial charge in [0.05, 0.1) is 11.0 Å². The Kier molecular flexibility index (Phi) is 3.00. The highest BCUT2D eigenvalue weighted by atomic mass is 32.2. The highest BCUT2D eigenvalue weighted by Crippen LogP contribution is 2.33. The van der Waals surface area contributed by atoms with E-state index in [1.165, 1.54) is 19.3 Å². The standard InChI is InChI=1S/C12H20N2O3S/c15-12(13-9-4-2-1-3-5-9)14-7-11-6-10(14)8-18(11,16)17/h9-11H,1-8H2,(H,13,15). The van der Waals surface area contributed by atoms with Crippen LogP contribution in [0, 0.1) is 0 Å². The van der Waals surface area contributed by atoms with Crippen LogP contribution in [0.25, 0.3) is 0 Å². The van der Waals surface area contributed by atoms with Crippen LogP contribution in [0.15, 0.2) is 0 Å². The van der Waals surface area contributed by atoms with Gasteiger partial charge in [-0.25, -0.2) is 13.2 Å². The summed E-state index contributed by atoms with van der Waals surface area (Å²) in [5, 5.41) is 2.76. The predicted octanol–water partition coefficient (Wildman–Crippen LogP) is 0.900. The normalized spacial score (nSPS) is 34.8. The second-order valence-corrected chi connectivity index (χ2v) is 8.10. The van der Waals surface area contributed by atoms with Gasteiger partial charge in [-0.05, 0) is 19.3 Å². The van der Waals surface area contributed by atoms with E-state index in [0.717, 1.165) is 12.8 Å². The van der Waals surface area contributed by atoms with Crippen molar-refractivity contribution in [3.05, 3.63) is 0 Å². The van der Waals surface area contributed by atoms with Gasteiger partial charge in [-0.15, -0.1) is 0 Å². The topological polar surface area (TPSA) is 66.5 Å². The minimum absolute atomic E-state index is 0.0516. The van der Waals surface area contributed by atoms with Gasteiger partial charge >= 0.3 is 6.03 Å². The van der Waals surface area contributed by atoms with E-state index in [9.17, 15) is 13.2 Å². The number of nitrogens with one attached hydrogen (secondary N) is 1. The third-order valence-electron chi connectivity index (χ3n) is 4.50. The summed E-state index contributed by atoms with van der Waals surface area (Å²) >= 11 is 0. The van der Waals surface area contributed by atoms with Gasteiger partial charge in [0, 0.05) is 18.6 Å². The number of rotatable bonds is 1. The largest absolute Gasteiger partial charge is 0.335 e. The lowest BCUT2D eigenvalue weighted by atomic mass is 9.96. The number of amides is 2. The molecule has 2 saturated heterocycles. The van der Waals surface area contributed by atoms with Crippen LogP contribution in [0.3, 0.4) is 0 Å². The first kappa shape index (κ1) is 12.3. The highest BCUT2D eigenvalue weighted by Gasteiger charge is 2.50. The quantitative estimate of drug-likeness (QED) is 0.771. The summed E-state index contributed by atoms with van der Waals surface area (Å²) in [5.74, 6) is 0.162. The molecule has 0 aromatic carbocycles. The van der Waals surface area contributed by atoms with Gasteiger partial charge < -0.3 is 10.2 Å². The number of fused-ring (bicyclic) bond motifs is 2. The summed E-state index contributed by atoms with van der Waals surface area (Å²) in [6.07, 6.45) is 6.40. The van der Waals surface area contributed by atoms with Gasteiger partial charge in [-0.1, -0.05) is 19.3 Å². The summed E-state index contributed by atoms with van der Waals surface area (Å²) in [5.41, 5.74) is 0. The molecule has 2 heterocycles. The van der Waals surface area contributed by atoms with E-state index < -0.39 is 9.84 Å². The van der Waals surface area contributed by atoms with E-state index in [4.69, 9.17) is 0 Å². The molecule has 0 radical (unpaired) electrons. The lowest BCUT2D eigenvalue weighted by molar-refractivity contribution is 0.187. The Morgan fingerprint density at radius 2 is 1.89 bits per heavy atom. The lowest BCUT2D eigenvalue weighted by Crippen LogP contribution is -2.51. The first-order valence-corrected chi connectivity index (χ1v) is 8.56. The van der Waals surface area contributed by atoms with Gasteiger partial charge in [0.2, 0.25) is 0 Å². The number of hydrogen-bond acceptors (Lipinski definition) is 3. The van der Waals surface area contributed by atoms with Crippen LogP contribution in [0.4, 0.5) is 4.79 Å². The van der Waals surface area contributed by atoms with Crippen molar-refractivity contribution >= 4 is 15.9 Å². The molecule has 6 heteroatoms. The van der Waals surface area contributed by atoms with Crippen LogP contribution in [-0.2, 0) is 9.84 Å². The lowest BCUT2D eigenvalue weighted by Gasteiger charge is -2.30. The average Bonchev–Trinajstić information content (AvgIpc) is 2.85. The predicted molar refractivity (Wildman–Crippen MR) is 68.1 cm³/mol. The van der Waals surface area contributed by atoms with Crippen molar-refractivity contribution in [2.45, 2.75) is 55.9 Å². The molecule has 2 amide bonds. The van der Waals surface area contributed by atoms with E-state index in [-0.39, 0.29) is 23.1 Å². The number of urea groups is 1. The Balaban J connectivity index is 1.58. The van der Waals surface area contributed by atoms with E-state index >= 15 is 0 Å². The molecule has 3 aliphatic rings. The zero-order valence-electron chi connectivity index (χ0n) is 10.5. The van der Waals surface area contributed by atoms with Crippen LogP contribution < -0.4 is 5.32 Å². The van der Waals surface area contributed by atoms with Crippen molar-refractivity contribution in [1.82, 2.24) is 10.2 Å². The van der Waals surface area contributed by atoms with Crippen molar-refractivity contribution < 1.29 is 13.2 Å². The Morgan fingerprint density at radius 1 is 1.17 bits per heavy atom. The third kappa shape index (κ3) is 2.11. The molecule has 1 aliphatic carbocycles. The zero-order valence-corrected chi connectivity index (χ0v) is 11.3. The van der Waals surface area contributed by atoms with Gasteiger partial charge in [0.1, 0.15) is 0 Å². The summed E-state index contributed by atoms with van der Waals surface area (Å²) < 4.78 is 23.2. The molecule has 18 heavy (non-hydrogen) atoms. The number of sulfone groups is 1. The molecule has 2 atom stereocenters.